The van der Waals surface area contributed by atoms with Gasteiger partial charge in [-0.3, -0.25) is 4.99 Å². The second kappa shape index (κ2) is 3.28. The van der Waals surface area contributed by atoms with Crippen LogP contribution in [0.25, 0.3) is 0 Å². The van der Waals surface area contributed by atoms with Gasteiger partial charge < -0.3 is 5.41 Å². The number of allylic oxidation sites excluding steroid dienone is 1. The topological polar surface area (TPSA) is 36.2 Å². The van der Waals surface area contributed by atoms with E-state index in [0.717, 1.165) is 6.21 Å². The van der Waals surface area contributed by atoms with E-state index in [1.165, 1.54) is 0 Å². The smallest absolute Gasteiger partial charge is 0.0729 e. The molecule has 0 atom stereocenters. The van der Waals surface area contributed by atoms with Crippen molar-refractivity contribution in [2.24, 2.45) is 4.99 Å². The van der Waals surface area contributed by atoms with E-state index in [1.807, 2.05) is 0 Å². The lowest BCUT2D eigenvalue weighted by atomic mass is 10.6. The number of hydrogen-bond acceptors (Lipinski definition) is 2. The van der Waals surface area contributed by atoms with E-state index in [9.17, 15) is 0 Å². The summed E-state index contributed by atoms with van der Waals surface area (Å²) in [5.74, 6) is 0. The molecule has 0 radical (unpaired) electrons. The zero-order valence-electron chi connectivity index (χ0n) is 4.31. The van der Waals surface area contributed by atoms with Crippen molar-refractivity contribution in [3.05, 3.63) is 12.3 Å². The molecular weight excluding hydrogens is 88.1 g/mol. The highest BCUT2D eigenvalue weighted by molar-refractivity contribution is 5.77. The van der Waals surface area contributed by atoms with Gasteiger partial charge in [-0.2, -0.15) is 0 Å². The molecule has 0 saturated heterocycles. The van der Waals surface area contributed by atoms with E-state index in [0.29, 0.717) is 5.70 Å². The van der Waals surface area contributed by atoms with Gasteiger partial charge in [-0.15, -0.1) is 0 Å². The number of hydrogen-bond donors (Lipinski definition) is 1. The van der Waals surface area contributed by atoms with Crippen LogP contribution in [-0.2, 0) is 0 Å². The van der Waals surface area contributed by atoms with Crippen molar-refractivity contribution < 1.29 is 0 Å². The van der Waals surface area contributed by atoms with Crippen LogP contribution in [0.15, 0.2) is 17.3 Å². The third-order valence-corrected chi connectivity index (χ3v) is 0.462. The minimum atomic E-state index is 0.488. The van der Waals surface area contributed by atoms with Crippen LogP contribution in [0.4, 0.5) is 0 Å². The SMILES string of the molecule is C=C(C=N)N=CC. The van der Waals surface area contributed by atoms with Gasteiger partial charge in [-0.1, -0.05) is 6.58 Å². The Hall–Kier alpha value is -0.920. The van der Waals surface area contributed by atoms with Crippen molar-refractivity contribution in [2.45, 2.75) is 6.92 Å². The molecule has 0 aliphatic carbocycles. The predicted molar refractivity (Wildman–Crippen MR) is 32.1 cm³/mol. The average molecular weight is 96.1 g/mol. The monoisotopic (exact) mass is 96.1 g/mol. The maximum atomic E-state index is 6.57. The van der Waals surface area contributed by atoms with E-state index in [2.05, 4.69) is 11.6 Å². The number of nitrogens with one attached hydrogen (secondary N) is 1. The fourth-order valence-corrected chi connectivity index (χ4v) is 0.203. The highest BCUT2D eigenvalue weighted by Crippen LogP contribution is 1.80. The van der Waals surface area contributed by atoms with Gasteiger partial charge in [-0.25, -0.2) is 0 Å². The lowest BCUT2D eigenvalue weighted by Crippen LogP contribution is -1.72. The average Bonchev–Trinajstić information content (AvgIpc) is 1.68. The van der Waals surface area contributed by atoms with Crippen molar-refractivity contribution in [3.63, 3.8) is 0 Å². The van der Waals surface area contributed by atoms with Crippen molar-refractivity contribution >= 4 is 12.4 Å². The zero-order chi connectivity index (χ0) is 5.70. The molecule has 2 nitrogen and oxygen atoms in total. The lowest BCUT2D eigenvalue weighted by molar-refractivity contribution is 1.46. The van der Waals surface area contributed by atoms with Gasteiger partial charge in [0, 0.05) is 12.4 Å². The first-order valence-corrected chi connectivity index (χ1v) is 1.99. The van der Waals surface area contributed by atoms with E-state index in [4.69, 9.17) is 5.41 Å². The van der Waals surface area contributed by atoms with Crippen LogP contribution in [0.5, 0.6) is 0 Å². The summed E-state index contributed by atoms with van der Waals surface area (Å²) in [4.78, 5) is 3.68. The van der Waals surface area contributed by atoms with E-state index in [1.54, 1.807) is 13.1 Å². The molecule has 0 heterocycles. The van der Waals surface area contributed by atoms with E-state index in [-0.39, 0.29) is 0 Å². The third-order valence-electron chi connectivity index (χ3n) is 0.462. The summed E-state index contributed by atoms with van der Waals surface area (Å²) < 4.78 is 0. The largest absolute Gasteiger partial charge is 0.307 e. The van der Waals surface area contributed by atoms with Gasteiger partial charge in [0.25, 0.3) is 0 Å². The van der Waals surface area contributed by atoms with Crippen molar-refractivity contribution in [1.82, 2.24) is 0 Å². The van der Waals surface area contributed by atoms with Crippen molar-refractivity contribution in [3.8, 4) is 0 Å². The number of nitrogens with zero attached hydrogens (tertiary/aromatic N) is 1. The van der Waals surface area contributed by atoms with Crippen LogP contribution in [0.1, 0.15) is 6.92 Å². The molecule has 0 amide bonds. The molecule has 0 rings (SSSR count). The van der Waals surface area contributed by atoms with Crippen LogP contribution in [0.3, 0.4) is 0 Å². The molecule has 38 valence electrons. The van der Waals surface area contributed by atoms with Crippen molar-refractivity contribution in [1.29, 1.82) is 5.41 Å². The molecule has 2 heteroatoms. The Kier molecular flexibility index (Phi) is 2.85. The van der Waals surface area contributed by atoms with Crippen LogP contribution < -0.4 is 0 Å². The second-order valence-electron chi connectivity index (χ2n) is 1.02. The van der Waals surface area contributed by atoms with Crippen molar-refractivity contribution in [2.75, 3.05) is 0 Å². The van der Waals surface area contributed by atoms with Gasteiger partial charge in [0.05, 0.1) is 5.70 Å². The Morgan fingerprint density at radius 3 is 2.57 bits per heavy atom. The quantitative estimate of drug-likeness (QED) is 0.502. The van der Waals surface area contributed by atoms with Crippen LogP contribution in [0, 0.1) is 5.41 Å². The Morgan fingerprint density at radius 2 is 2.43 bits per heavy atom. The Labute approximate surface area is 43.1 Å². The lowest BCUT2D eigenvalue weighted by Gasteiger charge is -1.79. The third kappa shape index (κ3) is 2.89. The van der Waals surface area contributed by atoms with Gasteiger partial charge in [0.15, 0.2) is 0 Å². The summed E-state index contributed by atoms with van der Waals surface area (Å²) in [6.45, 7) is 5.21. The fourth-order valence-electron chi connectivity index (χ4n) is 0.203. The molecular formula is C5H8N2. The molecule has 0 aromatic heterocycles. The first kappa shape index (κ1) is 6.08. The van der Waals surface area contributed by atoms with Crippen LogP contribution in [0.2, 0.25) is 0 Å². The van der Waals surface area contributed by atoms with E-state index < -0.39 is 0 Å². The summed E-state index contributed by atoms with van der Waals surface area (Å²) >= 11 is 0. The highest BCUT2D eigenvalue weighted by atomic mass is 14.7. The first-order chi connectivity index (χ1) is 3.31. The highest BCUT2D eigenvalue weighted by Gasteiger charge is 1.71. The van der Waals surface area contributed by atoms with Gasteiger partial charge >= 0.3 is 0 Å². The Bertz CT molecular complexity index is 103. The summed E-state index contributed by atoms with van der Waals surface area (Å²) in [6, 6.07) is 0. The fraction of sp³-hybridized carbons (Fsp3) is 0.200. The zero-order valence-corrected chi connectivity index (χ0v) is 4.31. The first-order valence-electron chi connectivity index (χ1n) is 1.99. The molecule has 0 unspecified atom stereocenters. The summed E-state index contributed by atoms with van der Waals surface area (Å²) in [6.07, 6.45) is 2.72. The molecule has 0 aliphatic rings. The predicted octanol–water partition coefficient (Wildman–Crippen LogP) is 1.24. The van der Waals surface area contributed by atoms with Gasteiger partial charge in [-0.05, 0) is 6.92 Å². The molecule has 0 spiro atoms. The second-order valence-corrected chi connectivity index (χ2v) is 1.02. The minimum Gasteiger partial charge on any atom is -0.307 e. The van der Waals surface area contributed by atoms with E-state index >= 15 is 0 Å². The molecule has 0 aromatic carbocycles. The van der Waals surface area contributed by atoms with Crippen LogP contribution in [-0.4, -0.2) is 12.4 Å². The standard InChI is InChI=1S/C5H8N2/c1-3-7-5(2)4-6/h3-4,6H,2H2,1H3. The van der Waals surface area contributed by atoms with Gasteiger partial charge in [0.2, 0.25) is 0 Å². The summed E-state index contributed by atoms with van der Waals surface area (Å²) in [5.41, 5.74) is 0.488. The minimum absolute atomic E-state index is 0.488. The maximum absolute atomic E-state index is 6.57. The molecule has 0 aliphatic heterocycles. The normalized spacial score (nSPS) is 9.29. The molecule has 1 N–H and O–H groups in total. The van der Waals surface area contributed by atoms with Gasteiger partial charge in [0.1, 0.15) is 0 Å². The molecule has 0 saturated carbocycles. The molecule has 7 heavy (non-hydrogen) atoms. The molecule has 0 aromatic rings. The van der Waals surface area contributed by atoms with Crippen LogP contribution >= 0.6 is 0 Å². The summed E-state index contributed by atoms with van der Waals surface area (Å²) in [7, 11) is 0. The molecule has 0 bridgehead atoms. The summed E-state index contributed by atoms with van der Waals surface area (Å²) in [5, 5.41) is 6.57. The molecule has 0 fully saturated rings. The number of aliphatic imine (C=N–C) groups is 1. The Balaban J connectivity index is 3.58. The number of rotatable bonds is 2. The maximum Gasteiger partial charge on any atom is 0.0729 e. The Morgan fingerprint density at radius 1 is 1.86 bits per heavy atom.